The molecule has 0 aromatic heterocycles. The van der Waals surface area contributed by atoms with E-state index in [1.807, 2.05) is 12.2 Å². The first-order valence-electron chi connectivity index (χ1n) is 8.40. The summed E-state index contributed by atoms with van der Waals surface area (Å²) in [5, 5.41) is 3.16. The number of hydrogen-bond donors (Lipinski definition) is 2. The Kier molecular flexibility index (Phi) is 5.76. The summed E-state index contributed by atoms with van der Waals surface area (Å²) in [6.07, 6.45) is 7.56. The van der Waals surface area contributed by atoms with E-state index in [1.54, 1.807) is 0 Å². The van der Waals surface area contributed by atoms with E-state index in [9.17, 15) is 9.59 Å². The zero-order valence-electron chi connectivity index (χ0n) is 14.3. The molecule has 0 aromatic rings. The Balaban J connectivity index is 2.02. The molecule has 1 saturated heterocycles. The maximum Gasteiger partial charge on any atom is 0.221 e. The van der Waals surface area contributed by atoms with Gasteiger partial charge in [-0.15, -0.1) is 0 Å². The predicted octanol–water partition coefficient (Wildman–Crippen LogP) is 1.93. The van der Waals surface area contributed by atoms with Crippen LogP contribution in [0.1, 0.15) is 40.0 Å². The van der Waals surface area contributed by atoms with Crippen molar-refractivity contribution in [2.45, 2.75) is 46.3 Å². The van der Waals surface area contributed by atoms with Crippen LogP contribution < -0.4 is 11.1 Å². The highest BCUT2D eigenvalue weighted by molar-refractivity contribution is 5.89. The van der Waals surface area contributed by atoms with Crippen LogP contribution in [-0.4, -0.2) is 31.1 Å². The molecule has 23 heavy (non-hydrogen) atoms. The Morgan fingerprint density at radius 2 is 2.22 bits per heavy atom. The third-order valence-corrected chi connectivity index (χ3v) is 4.76. The molecule has 128 valence electrons. The van der Waals surface area contributed by atoms with Gasteiger partial charge in [0.25, 0.3) is 0 Å². The molecule has 5 heteroatoms. The number of Topliss-reactive ketones (excluding diaryl/α,β-unsaturated/α-hetero) is 1. The van der Waals surface area contributed by atoms with Crippen molar-refractivity contribution in [3.8, 4) is 0 Å². The van der Waals surface area contributed by atoms with Crippen molar-refractivity contribution in [1.82, 2.24) is 5.32 Å². The first kappa shape index (κ1) is 17.9. The van der Waals surface area contributed by atoms with Gasteiger partial charge in [-0.2, -0.15) is 0 Å². The zero-order chi connectivity index (χ0) is 17.0. The number of rotatable bonds is 7. The number of nitrogens with two attached hydrogens (primary N) is 1. The van der Waals surface area contributed by atoms with Gasteiger partial charge in [-0.05, 0) is 18.3 Å². The number of allylic oxidation sites excluding steroid dienone is 4. The largest absolute Gasteiger partial charge is 0.369 e. The Morgan fingerprint density at radius 3 is 2.74 bits per heavy atom. The summed E-state index contributed by atoms with van der Waals surface area (Å²) >= 11 is 0. The lowest BCUT2D eigenvalue weighted by atomic mass is 9.70. The van der Waals surface area contributed by atoms with Gasteiger partial charge in [0.2, 0.25) is 5.91 Å². The highest BCUT2D eigenvalue weighted by Gasteiger charge is 2.36. The first-order valence-corrected chi connectivity index (χ1v) is 8.40. The molecule has 1 heterocycles. The molecule has 3 unspecified atom stereocenters. The average Bonchev–Trinajstić information content (AvgIpc) is 2.98. The van der Waals surface area contributed by atoms with E-state index in [2.05, 4.69) is 32.2 Å². The number of carbonyl (C=O) groups excluding carboxylic acids is 2. The summed E-state index contributed by atoms with van der Waals surface area (Å²) in [4.78, 5) is 24.5. The zero-order valence-corrected chi connectivity index (χ0v) is 14.3. The van der Waals surface area contributed by atoms with Crippen LogP contribution in [-0.2, 0) is 14.3 Å². The molecule has 2 rings (SSSR count). The van der Waals surface area contributed by atoms with Crippen LogP contribution in [0.3, 0.4) is 0 Å². The Bertz CT molecular complexity index is 516. The van der Waals surface area contributed by atoms with Crippen LogP contribution >= 0.6 is 0 Å². The van der Waals surface area contributed by atoms with Crippen molar-refractivity contribution in [2.24, 2.45) is 23.0 Å². The van der Waals surface area contributed by atoms with Gasteiger partial charge >= 0.3 is 0 Å². The minimum absolute atomic E-state index is 0.0689. The molecule has 0 aromatic carbocycles. The van der Waals surface area contributed by atoms with Crippen LogP contribution in [0.25, 0.3) is 0 Å². The second-order valence-electron chi connectivity index (χ2n) is 7.05. The predicted molar refractivity (Wildman–Crippen MR) is 89.5 cm³/mol. The highest BCUT2D eigenvalue weighted by atomic mass is 16.5. The number of nitrogens with one attached hydrogen (secondary N) is 1. The molecule has 0 radical (unpaired) electrons. The molecule has 1 aliphatic carbocycles. The summed E-state index contributed by atoms with van der Waals surface area (Å²) in [5.41, 5.74) is 6.51. The second-order valence-corrected chi connectivity index (χ2v) is 7.05. The van der Waals surface area contributed by atoms with Gasteiger partial charge in [-0.3, -0.25) is 14.9 Å². The van der Waals surface area contributed by atoms with E-state index in [0.717, 1.165) is 13.0 Å². The fraction of sp³-hybridized carbons (Fsp3) is 0.667. The second kappa shape index (κ2) is 7.41. The number of primary amides is 1. The Hall–Kier alpha value is -1.46. The quantitative estimate of drug-likeness (QED) is 0.751. The number of ether oxygens (including phenoxy) is 1. The fourth-order valence-corrected chi connectivity index (χ4v) is 3.39. The van der Waals surface area contributed by atoms with Gasteiger partial charge in [0.1, 0.15) is 12.0 Å². The van der Waals surface area contributed by atoms with Gasteiger partial charge in [-0.1, -0.05) is 44.6 Å². The van der Waals surface area contributed by atoms with Crippen molar-refractivity contribution >= 4 is 11.7 Å². The SMILES string of the molecule is CCC1=CC(C)(C)C(C(=O)CC(CC2NCCO2)C(N)=O)C=C1. The van der Waals surface area contributed by atoms with Crippen LogP contribution in [0.2, 0.25) is 0 Å². The lowest BCUT2D eigenvalue weighted by Crippen LogP contribution is -2.36. The van der Waals surface area contributed by atoms with E-state index in [-0.39, 0.29) is 29.8 Å². The summed E-state index contributed by atoms with van der Waals surface area (Å²) in [6.45, 7) is 7.64. The lowest BCUT2D eigenvalue weighted by Gasteiger charge is -2.33. The van der Waals surface area contributed by atoms with Crippen molar-refractivity contribution in [1.29, 1.82) is 0 Å². The normalized spacial score (nSPS) is 27.5. The van der Waals surface area contributed by atoms with E-state index >= 15 is 0 Å². The molecule has 3 atom stereocenters. The molecular formula is C18H28N2O3. The lowest BCUT2D eigenvalue weighted by molar-refractivity contribution is -0.131. The average molecular weight is 320 g/mol. The topological polar surface area (TPSA) is 81.4 Å². The number of carbonyl (C=O) groups is 2. The monoisotopic (exact) mass is 320 g/mol. The van der Waals surface area contributed by atoms with Crippen LogP contribution in [0.15, 0.2) is 23.8 Å². The standard InChI is InChI=1S/C18H28N2O3/c1-4-12-5-6-14(18(2,3)11-12)15(21)9-13(17(19)22)10-16-20-7-8-23-16/h5-6,11,13-14,16,20H,4,7-10H2,1-3H3,(H2,19,22). The summed E-state index contributed by atoms with van der Waals surface area (Å²) in [7, 11) is 0. The van der Waals surface area contributed by atoms with Crippen molar-refractivity contribution in [3.63, 3.8) is 0 Å². The number of amides is 1. The van der Waals surface area contributed by atoms with Gasteiger partial charge < -0.3 is 10.5 Å². The smallest absolute Gasteiger partial charge is 0.221 e. The maximum atomic E-state index is 12.7. The minimum atomic E-state index is -0.487. The Labute approximate surface area is 138 Å². The van der Waals surface area contributed by atoms with E-state index < -0.39 is 11.8 Å². The molecule has 0 spiro atoms. The van der Waals surface area contributed by atoms with Gasteiger partial charge in [0, 0.05) is 24.8 Å². The highest BCUT2D eigenvalue weighted by Crippen LogP contribution is 2.37. The van der Waals surface area contributed by atoms with Crippen LogP contribution in [0.5, 0.6) is 0 Å². The van der Waals surface area contributed by atoms with Crippen molar-refractivity contribution < 1.29 is 14.3 Å². The maximum absolute atomic E-state index is 12.7. The van der Waals surface area contributed by atoms with E-state index in [0.29, 0.717) is 13.0 Å². The van der Waals surface area contributed by atoms with Crippen molar-refractivity contribution in [2.75, 3.05) is 13.2 Å². The molecule has 1 fully saturated rings. The Morgan fingerprint density at radius 1 is 1.48 bits per heavy atom. The molecule has 2 aliphatic rings. The minimum Gasteiger partial charge on any atom is -0.369 e. The summed E-state index contributed by atoms with van der Waals surface area (Å²) in [5.74, 6) is -1.06. The van der Waals surface area contributed by atoms with Crippen LogP contribution in [0.4, 0.5) is 0 Å². The molecule has 1 aliphatic heterocycles. The molecule has 1 amide bonds. The van der Waals surface area contributed by atoms with Gasteiger partial charge in [0.05, 0.1) is 6.61 Å². The number of hydrogen-bond acceptors (Lipinski definition) is 4. The molecule has 0 saturated carbocycles. The molecule has 0 bridgehead atoms. The van der Waals surface area contributed by atoms with E-state index in [1.165, 1.54) is 5.57 Å². The third-order valence-electron chi connectivity index (χ3n) is 4.76. The molecule has 3 N–H and O–H groups in total. The molecular weight excluding hydrogens is 292 g/mol. The van der Waals surface area contributed by atoms with Gasteiger partial charge in [-0.25, -0.2) is 0 Å². The van der Waals surface area contributed by atoms with Crippen LogP contribution in [0, 0.1) is 17.3 Å². The molecule has 5 nitrogen and oxygen atoms in total. The van der Waals surface area contributed by atoms with Gasteiger partial charge in [0.15, 0.2) is 0 Å². The van der Waals surface area contributed by atoms with E-state index in [4.69, 9.17) is 10.5 Å². The van der Waals surface area contributed by atoms with Crippen molar-refractivity contribution in [3.05, 3.63) is 23.8 Å². The number of ketones is 1. The fourth-order valence-electron chi connectivity index (χ4n) is 3.39. The summed E-state index contributed by atoms with van der Waals surface area (Å²) < 4.78 is 5.48. The summed E-state index contributed by atoms with van der Waals surface area (Å²) in [6, 6.07) is 0. The third kappa shape index (κ3) is 4.52. The first-order chi connectivity index (χ1) is 10.8.